The molecule has 0 spiro atoms. The van der Waals surface area contributed by atoms with Crippen molar-refractivity contribution in [1.29, 1.82) is 0 Å². The van der Waals surface area contributed by atoms with Gasteiger partial charge in [0, 0.05) is 0 Å². The number of carbonyl (C=O) groups excluding carboxylic acids is 2. The summed E-state index contributed by atoms with van der Waals surface area (Å²) in [5.74, 6) is -0.309. The summed E-state index contributed by atoms with van der Waals surface area (Å²) in [4.78, 5) is 21.5. The molecule has 9 heteroatoms. The van der Waals surface area contributed by atoms with Gasteiger partial charge in [0.15, 0.2) is 0 Å². The van der Waals surface area contributed by atoms with Gasteiger partial charge in [-0.1, -0.05) is 0 Å². The zero-order chi connectivity index (χ0) is 9.26. The fraction of sp³-hybridized carbons (Fsp3) is 0.667. The summed E-state index contributed by atoms with van der Waals surface area (Å²) in [5, 5.41) is 1.51. The van der Waals surface area contributed by atoms with Crippen LogP contribution in [0.25, 0.3) is 0 Å². The Balaban J connectivity index is 0.000000980. The van der Waals surface area contributed by atoms with E-state index in [4.69, 9.17) is 10.3 Å². The molecule has 2 aliphatic heterocycles. The molecule has 0 unspecified atom stereocenters. The second kappa shape index (κ2) is 6.48. The van der Waals surface area contributed by atoms with E-state index in [-0.39, 0.29) is 22.9 Å². The molecular weight excluding hydrogens is 329 g/mol. The molecule has 0 atom stereocenters. The molecule has 0 aromatic heterocycles. The van der Waals surface area contributed by atoms with Gasteiger partial charge in [0.2, 0.25) is 0 Å². The van der Waals surface area contributed by atoms with E-state index in [1.165, 1.54) is 0 Å². The standard InChI is InChI=1S/C6H8Ge2O5.2H2O/c9-5-1-3-7(11-5)13-8-4-2-6(10)12-8;;/h1-4H2;2*1H2. The zero-order valence-corrected chi connectivity index (χ0v) is 12.1. The van der Waals surface area contributed by atoms with Crippen molar-refractivity contribution in [2.75, 3.05) is 0 Å². The predicted molar refractivity (Wildman–Crippen MR) is 50.9 cm³/mol. The normalized spacial score (nSPS) is 21.6. The van der Waals surface area contributed by atoms with Crippen molar-refractivity contribution in [3.05, 3.63) is 0 Å². The number of carbonyl (C=O) groups is 2. The molecule has 2 aliphatic rings. The van der Waals surface area contributed by atoms with Crippen molar-refractivity contribution < 1.29 is 30.9 Å². The molecule has 7 nitrogen and oxygen atoms in total. The Hall–Kier alpha value is -0.0943. The predicted octanol–water partition coefficient (Wildman–Crippen LogP) is -1.78. The topological polar surface area (TPSA) is 125 Å². The van der Waals surface area contributed by atoms with Crippen LogP contribution in [-0.2, 0) is 19.9 Å². The molecule has 0 saturated carbocycles. The molecule has 0 aromatic carbocycles. The van der Waals surface area contributed by atoms with Crippen molar-refractivity contribution in [2.45, 2.75) is 23.3 Å². The molecule has 0 amide bonds. The van der Waals surface area contributed by atoms with E-state index in [2.05, 4.69) is 0 Å². The number of hydrogen-bond acceptors (Lipinski definition) is 5. The van der Waals surface area contributed by atoms with Crippen molar-refractivity contribution in [3.63, 3.8) is 0 Å². The molecule has 0 aliphatic carbocycles. The summed E-state index contributed by atoms with van der Waals surface area (Å²) >= 11 is -4.07. The average Bonchev–Trinajstić information content (AvgIpc) is 2.62. The van der Waals surface area contributed by atoms with E-state index in [1.807, 2.05) is 0 Å². The van der Waals surface area contributed by atoms with Gasteiger partial charge in [-0.25, -0.2) is 0 Å². The fourth-order valence-electron chi connectivity index (χ4n) is 1.14. The van der Waals surface area contributed by atoms with Crippen molar-refractivity contribution >= 4 is 42.0 Å². The molecule has 86 valence electrons. The maximum atomic E-state index is 10.7. The third-order valence-electron chi connectivity index (χ3n) is 1.75. The molecule has 2 heterocycles. The Morgan fingerprint density at radius 3 is 1.60 bits per heavy atom. The summed E-state index contributed by atoms with van der Waals surface area (Å²) in [6.07, 6.45) is 0.962. The molecule has 2 saturated heterocycles. The first-order valence-corrected chi connectivity index (χ1v) is 10.4. The average molecular weight is 341 g/mol. The van der Waals surface area contributed by atoms with E-state index in [1.54, 1.807) is 0 Å². The SMILES string of the molecule is O.O.O=C1C[CH2][Ge]([O][Ge]2[CH2]CC(=O)[O]2)[O]1. The van der Waals surface area contributed by atoms with Crippen LogP contribution in [0, 0.1) is 0 Å². The number of hydrogen-bond donors (Lipinski definition) is 0. The van der Waals surface area contributed by atoms with Crippen LogP contribution in [0.2, 0.25) is 10.5 Å². The summed E-state index contributed by atoms with van der Waals surface area (Å²) in [6.45, 7) is 0. The Labute approximate surface area is 96.3 Å². The third kappa shape index (κ3) is 4.11. The molecule has 0 bridgehead atoms. The van der Waals surface area contributed by atoms with E-state index in [0.717, 1.165) is 10.5 Å². The van der Waals surface area contributed by atoms with Crippen LogP contribution in [0.4, 0.5) is 0 Å². The van der Waals surface area contributed by atoms with Gasteiger partial charge in [-0.15, -0.1) is 0 Å². The van der Waals surface area contributed by atoms with Gasteiger partial charge in [0.05, 0.1) is 0 Å². The quantitative estimate of drug-likeness (QED) is 0.549. The Morgan fingerprint density at radius 1 is 0.933 bits per heavy atom. The van der Waals surface area contributed by atoms with Gasteiger partial charge in [-0.2, -0.15) is 0 Å². The van der Waals surface area contributed by atoms with Crippen LogP contribution in [0.1, 0.15) is 12.8 Å². The maximum absolute atomic E-state index is 10.7. The molecule has 15 heavy (non-hydrogen) atoms. The van der Waals surface area contributed by atoms with Crippen LogP contribution < -0.4 is 0 Å². The van der Waals surface area contributed by atoms with Crippen LogP contribution in [0.3, 0.4) is 0 Å². The van der Waals surface area contributed by atoms with Gasteiger partial charge < -0.3 is 11.0 Å². The summed E-state index contributed by atoms with van der Waals surface area (Å²) in [6, 6.07) is 0. The van der Waals surface area contributed by atoms with Crippen LogP contribution in [-0.4, -0.2) is 52.9 Å². The Morgan fingerprint density at radius 2 is 1.33 bits per heavy atom. The van der Waals surface area contributed by atoms with E-state index in [0.29, 0.717) is 12.8 Å². The van der Waals surface area contributed by atoms with E-state index in [9.17, 15) is 9.59 Å². The minimum atomic E-state index is -2.04. The first kappa shape index (κ1) is 14.9. The first-order valence-electron chi connectivity index (χ1n) is 4.05. The Kier molecular flexibility index (Phi) is 6.44. The third-order valence-corrected chi connectivity index (χ3v) is 12.3. The zero-order valence-electron chi connectivity index (χ0n) is 7.87. The molecule has 0 aromatic rings. The van der Waals surface area contributed by atoms with Gasteiger partial charge in [0.25, 0.3) is 0 Å². The van der Waals surface area contributed by atoms with Gasteiger partial charge >= 0.3 is 85.2 Å². The van der Waals surface area contributed by atoms with Crippen molar-refractivity contribution in [3.8, 4) is 0 Å². The summed E-state index contributed by atoms with van der Waals surface area (Å²) in [7, 11) is 0. The molecule has 2 radical (unpaired) electrons. The van der Waals surface area contributed by atoms with Gasteiger partial charge in [-0.3, -0.25) is 0 Å². The van der Waals surface area contributed by atoms with E-state index < -0.39 is 30.0 Å². The fourth-order valence-corrected chi connectivity index (χ4v) is 11.8. The molecular formula is C6H12Ge2O7. The number of rotatable bonds is 2. The Bertz CT molecular complexity index is 222. The minimum absolute atomic E-state index is 0. The van der Waals surface area contributed by atoms with Crippen molar-refractivity contribution in [2.24, 2.45) is 0 Å². The monoisotopic (exact) mass is 344 g/mol. The van der Waals surface area contributed by atoms with E-state index >= 15 is 0 Å². The molecule has 4 N–H and O–H groups in total. The van der Waals surface area contributed by atoms with Crippen molar-refractivity contribution in [1.82, 2.24) is 0 Å². The second-order valence-corrected chi connectivity index (χ2v) is 11.5. The second-order valence-electron chi connectivity index (χ2n) is 2.79. The molecule has 2 fully saturated rings. The summed E-state index contributed by atoms with van der Waals surface area (Å²) < 4.78 is 15.6. The van der Waals surface area contributed by atoms with Crippen LogP contribution >= 0.6 is 0 Å². The van der Waals surface area contributed by atoms with Crippen LogP contribution in [0.5, 0.6) is 0 Å². The van der Waals surface area contributed by atoms with Gasteiger partial charge in [0.1, 0.15) is 0 Å². The van der Waals surface area contributed by atoms with Gasteiger partial charge in [-0.05, 0) is 0 Å². The van der Waals surface area contributed by atoms with Crippen LogP contribution in [0.15, 0.2) is 0 Å². The molecule has 2 rings (SSSR count). The summed E-state index contributed by atoms with van der Waals surface area (Å²) in [5.41, 5.74) is 0. The first-order chi connectivity index (χ1) is 6.24.